The maximum Gasteiger partial charge on any atom is 0.243 e. The number of hydrogen-bond donors (Lipinski definition) is 1. The molecule has 0 aliphatic carbocycles. The average molecular weight is 221 g/mol. The molecule has 6 heteroatoms. The van der Waals surface area contributed by atoms with Crippen molar-refractivity contribution in [3.05, 3.63) is 0 Å². The van der Waals surface area contributed by atoms with E-state index >= 15 is 0 Å². The van der Waals surface area contributed by atoms with E-state index in [0.29, 0.717) is 0 Å². The monoisotopic (exact) mass is 220 g/mol. The maximum atomic E-state index is 11.0. The highest BCUT2D eigenvalue weighted by Crippen LogP contribution is 2.32. The number of hydrogen-bond acceptors (Lipinski definition) is 3. The van der Waals surface area contributed by atoms with Gasteiger partial charge in [0.05, 0.1) is 11.9 Å². The predicted molar refractivity (Wildman–Crippen MR) is 45.6 cm³/mol. The summed E-state index contributed by atoms with van der Waals surface area (Å²) < 4.78 is 20.0. The summed E-state index contributed by atoms with van der Waals surface area (Å²) in [5.74, 6) is -0.190. The van der Waals surface area contributed by atoms with E-state index in [1.807, 2.05) is 0 Å². The van der Waals surface area contributed by atoms with Gasteiger partial charge >= 0.3 is 0 Å². The highest BCUT2D eigenvalue weighted by molar-refractivity contribution is 7.95. The van der Waals surface area contributed by atoms with E-state index in [0.717, 1.165) is 0 Å². The van der Waals surface area contributed by atoms with Gasteiger partial charge in [0.15, 0.2) is 9.84 Å². The lowest BCUT2D eigenvalue weighted by Gasteiger charge is -2.21. The lowest BCUT2D eigenvalue weighted by atomic mass is 10.5. The van der Waals surface area contributed by atoms with Crippen molar-refractivity contribution in [1.82, 2.24) is 0 Å². The van der Waals surface area contributed by atoms with Crippen molar-refractivity contribution in [1.29, 1.82) is 0 Å². The lowest BCUT2D eigenvalue weighted by Crippen LogP contribution is -2.38. The van der Waals surface area contributed by atoms with Crippen LogP contribution in [0.4, 0.5) is 0 Å². The number of aliphatic hydroxyl groups is 1. The van der Waals surface area contributed by atoms with Gasteiger partial charge in [0.25, 0.3) is 0 Å². The fourth-order valence-corrected chi connectivity index (χ4v) is 2.01. The Morgan fingerprint density at radius 3 is 2.00 bits per heavy atom. The van der Waals surface area contributed by atoms with Crippen LogP contribution < -0.4 is 0 Å². The van der Waals surface area contributed by atoms with Gasteiger partial charge < -0.3 is 5.11 Å². The Bertz CT molecular complexity index is 220. The summed E-state index contributed by atoms with van der Waals surface area (Å²) in [7, 11) is -3.62. The molecule has 11 heavy (non-hydrogen) atoms. The molecular weight excluding hydrogens is 211 g/mol. The van der Waals surface area contributed by atoms with Gasteiger partial charge in [-0.15, -0.1) is 0 Å². The standard InChI is InChI=1S/C5H10Cl2O3S/c1-3-11(9,10)5(6,7)4(2)8/h4,8H,3H2,1-2H3/t4-/m1/s1. The molecule has 0 rings (SSSR count). The van der Waals surface area contributed by atoms with Gasteiger partial charge in [0.1, 0.15) is 0 Å². The number of rotatable bonds is 3. The molecular formula is C5H10Cl2O3S. The molecule has 0 saturated carbocycles. The van der Waals surface area contributed by atoms with Crippen LogP contribution in [0.25, 0.3) is 0 Å². The summed E-state index contributed by atoms with van der Waals surface area (Å²) in [6, 6.07) is 0. The third-order valence-electron chi connectivity index (χ3n) is 1.28. The highest BCUT2D eigenvalue weighted by atomic mass is 35.5. The Labute approximate surface area is 76.2 Å². The van der Waals surface area contributed by atoms with Crippen LogP contribution in [0.15, 0.2) is 0 Å². The molecule has 0 aromatic carbocycles. The summed E-state index contributed by atoms with van der Waals surface area (Å²) in [6.07, 6.45) is -1.30. The lowest BCUT2D eigenvalue weighted by molar-refractivity contribution is 0.198. The van der Waals surface area contributed by atoms with Crippen molar-refractivity contribution in [3.8, 4) is 0 Å². The van der Waals surface area contributed by atoms with E-state index in [-0.39, 0.29) is 5.75 Å². The fourth-order valence-electron chi connectivity index (χ4n) is 0.452. The van der Waals surface area contributed by atoms with Gasteiger partial charge in [-0.2, -0.15) is 0 Å². The molecule has 0 amide bonds. The van der Waals surface area contributed by atoms with Crippen molar-refractivity contribution in [2.75, 3.05) is 5.75 Å². The van der Waals surface area contributed by atoms with E-state index < -0.39 is 19.6 Å². The molecule has 3 nitrogen and oxygen atoms in total. The van der Waals surface area contributed by atoms with Gasteiger partial charge in [0, 0.05) is 0 Å². The second-order valence-corrected chi connectivity index (χ2v) is 6.43. The van der Waals surface area contributed by atoms with Crippen molar-refractivity contribution in [2.45, 2.75) is 23.6 Å². The molecule has 0 spiro atoms. The van der Waals surface area contributed by atoms with E-state index in [4.69, 9.17) is 28.3 Å². The Hall–Kier alpha value is 0.490. The summed E-state index contributed by atoms with van der Waals surface area (Å²) in [4.78, 5) is 0. The molecule has 0 heterocycles. The zero-order valence-corrected chi connectivity index (χ0v) is 8.54. The minimum atomic E-state index is -3.62. The van der Waals surface area contributed by atoms with Gasteiger partial charge in [-0.05, 0) is 6.92 Å². The Balaban J connectivity index is 4.85. The topological polar surface area (TPSA) is 54.4 Å². The van der Waals surface area contributed by atoms with Crippen LogP contribution in [-0.4, -0.2) is 29.0 Å². The number of aliphatic hydroxyl groups excluding tert-OH is 1. The number of sulfone groups is 1. The van der Waals surface area contributed by atoms with Gasteiger partial charge in [-0.3, -0.25) is 0 Å². The molecule has 0 saturated heterocycles. The predicted octanol–water partition coefficient (Wildman–Crippen LogP) is 0.933. The first-order chi connectivity index (χ1) is 4.75. The van der Waals surface area contributed by atoms with Crippen LogP contribution in [0.3, 0.4) is 0 Å². The largest absolute Gasteiger partial charge is 0.389 e. The first-order valence-electron chi connectivity index (χ1n) is 3.04. The van der Waals surface area contributed by atoms with Gasteiger partial charge in [0.2, 0.25) is 3.67 Å². The molecule has 0 aliphatic rings. The minimum Gasteiger partial charge on any atom is -0.389 e. The first kappa shape index (κ1) is 11.5. The molecule has 0 unspecified atom stereocenters. The second-order valence-electron chi connectivity index (χ2n) is 2.14. The SMILES string of the molecule is CCS(=O)(=O)C(Cl)(Cl)[C@@H](C)O. The molecule has 0 aromatic heterocycles. The van der Waals surface area contributed by atoms with Gasteiger partial charge in [-0.1, -0.05) is 30.1 Å². The highest BCUT2D eigenvalue weighted by Gasteiger charge is 2.43. The van der Waals surface area contributed by atoms with Crippen LogP contribution in [0.1, 0.15) is 13.8 Å². The molecule has 0 aliphatic heterocycles. The Morgan fingerprint density at radius 2 is 1.91 bits per heavy atom. The van der Waals surface area contributed by atoms with Crippen LogP contribution >= 0.6 is 23.2 Å². The van der Waals surface area contributed by atoms with Crippen LogP contribution in [0.5, 0.6) is 0 Å². The third-order valence-corrected chi connectivity index (χ3v) is 5.25. The van der Waals surface area contributed by atoms with E-state index in [1.54, 1.807) is 0 Å². The zero-order chi connectivity index (χ0) is 9.28. The molecule has 0 aromatic rings. The molecule has 0 radical (unpaired) electrons. The van der Waals surface area contributed by atoms with Crippen molar-refractivity contribution in [2.24, 2.45) is 0 Å². The maximum absolute atomic E-state index is 11.0. The molecule has 1 atom stereocenters. The summed E-state index contributed by atoms with van der Waals surface area (Å²) in [5.41, 5.74) is 0. The summed E-state index contributed by atoms with van der Waals surface area (Å²) in [5, 5.41) is 8.90. The summed E-state index contributed by atoms with van der Waals surface area (Å²) >= 11 is 10.8. The normalized spacial score (nSPS) is 16.5. The Morgan fingerprint density at radius 1 is 1.55 bits per heavy atom. The second kappa shape index (κ2) is 3.47. The molecule has 0 fully saturated rings. The molecule has 0 bridgehead atoms. The number of alkyl halides is 2. The average Bonchev–Trinajstić information content (AvgIpc) is 1.87. The molecule has 68 valence electrons. The van der Waals surface area contributed by atoms with E-state index in [2.05, 4.69) is 0 Å². The van der Waals surface area contributed by atoms with Crippen LogP contribution in [0.2, 0.25) is 0 Å². The zero-order valence-electron chi connectivity index (χ0n) is 6.21. The Kier molecular flexibility index (Phi) is 3.63. The number of halogens is 2. The first-order valence-corrected chi connectivity index (χ1v) is 5.44. The van der Waals surface area contributed by atoms with E-state index in [9.17, 15) is 8.42 Å². The van der Waals surface area contributed by atoms with Crippen LogP contribution in [-0.2, 0) is 9.84 Å². The summed E-state index contributed by atoms with van der Waals surface area (Å²) in [6.45, 7) is 2.64. The van der Waals surface area contributed by atoms with Crippen molar-refractivity contribution >= 4 is 33.0 Å². The van der Waals surface area contributed by atoms with Gasteiger partial charge in [-0.25, -0.2) is 8.42 Å². The van der Waals surface area contributed by atoms with E-state index in [1.165, 1.54) is 13.8 Å². The quantitative estimate of drug-likeness (QED) is 0.721. The minimum absolute atomic E-state index is 0.190. The molecule has 1 N–H and O–H groups in total. The fraction of sp³-hybridized carbons (Fsp3) is 1.00. The van der Waals surface area contributed by atoms with Crippen molar-refractivity contribution in [3.63, 3.8) is 0 Å². The third kappa shape index (κ3) is 2.21. The van der Waals surface area contributed by atoms with Crippen LogP contribution in [0, 0.1) is 0 Å². The smallest absolute Gasteiger partial charge is 0.243 e. The van der Waals surface area contributed by atoms with Crippen molar-refractivity contribution < 1.29 is 13.5 Å².